The quantitative estimate of drug-likeness (QED) is 0.644. The van der Waals surface area contributed by atoms with Crippen molar-refractivity contribution in [2.75, 3.05) is 26.8 Å². The molecule has 4 nitrogen and oxygen atoms in total. The smallest absolute Gasteiger partial charge is 0.320 e. The molecule has 0 rings (SSSR count). The fourth-order valence-corrected chi connectivity index (χ4v) is 1.48. The van der Waals surface area contributed by atoms with Crippen molar-refractivity contribution in [2.24, 2.45) is 0 Å². The van der Waals surface area contributed by atoms with Crippen LogP contribution in [-0.4, -0.2) is 48.8 Å². The average Bonchev–Trinajstić information content (AvgIpc) is 2.17. The van der Waals surface area contributed by atoms with Crippen LogP contribution in [0.3, 0.4) is 0 Å². The second-order valence-corrected chi connectivity index (χ2v) is 3.26. The number of nitrogens with zero attached hydrogens (tertiary/aromatic N) is 1. The number of ether oxygens (including phenoxy) is 1. The summed E-state index contributed by atoms with van der Waals surface area (Å²) >= 11 is 0. The van der Waals surface area contributed by atoms with Gasteiger partial charge in [-0.2, -0.15) is 0 Å². The molecule has 0 aromatic carbocycles. The summed E-state index contributed by atoms with van der Waals surface area (Å²) in [7, 11) is 1.63. The summed E-state index contributed by atoms with van der Waals surface area (Å²) in [6.45, 7) is 5.99. The number of methoxy groups -OCH3 is 1. The van der Waals surface area contributed by atoms with E-state index in [1.165, 1.54) is 0 Å². The lowest BCUT2D eigenvalue weighted by molar-refractivity contribution is -0.143. The Kier molecular flexibility index (Phi) is 7.42. The Hall–Kier alpha value is -0.610. The molecule has 1 N–H and O–H groups in total. The normalized spacial score (nSPS) is 13.1. The maximum Gasteiger partial charge on any atom is 0.320 e. The summed E-state index contributed by atoms with van der Waals surface area (Å²) in [5.41, 5.74) is 0. The number of likely N-dealkylation sites (N-methyl/N-ethyl adjacent to an activating group) is 1. The maximum atomic E-state index is 11.0. The van der Waals surface area contributed by atoms with Crippen molar-refractivity contribution >= 4 is 5.97 Å². The SMILES string of the molecule is CCCC(C(=O)O)N(CC)CCOC. The van der Waals surface area contributed by atoms with E-state index < -0.39 is 5.97 Å². The molecule has 84 valence electrons. The van der Waals surface area contributed by atoms with Gasteiger partial charge in [0.2, 0.25) is 0 Å². The number of carbonyl (C=O) groups is 1. The molecule has 0 aliphatic carbocycles. The van der Waals surface area contributed by atoms with Gasteiger partial charge in [-0.1, -0.05) is 20.3 Å². The highest BCUT2D eigenvalue weighted by atomic mass is 16.5. The zero-order valence-electron chi connectivity index (χ0n) is 9.32. The fourth-order valence-electron chi connectivity index (χ4n) is 1.48. The molecule has 1 atom stereocenters. The van der Waals surface area contributed by atoms with Gasteiger partial charge in [-0.05, 0) is 13.0 Å². The van der Waals surface area contributed by atoms with Gasteiger partial charge in [-0.15, -0.1) is 0 Å². The first kappa shape index (κ1) is 13.4. The molecule has 0 radical (unpaired) electrons. The third kappa shape index (κ3) is 4.58. The van der Waals surface area contributed by atoms with Gasteiger partial charge < -0.3 is 9.84 Å². The highest BCUT2D eigenvalue weighted by molar-refractivity contribution is 5.73. The van der Waals surface area contributed by atoms with E-state index in [0.29, 0.717) is 19.6 Å². The van der Waals surface area contributed by atoms with Crippen molar-refractivity contribution in [2.45, 2.75) is 32.7 Å². The lowest BCUT2D eigenvalue weighted by Crippen LogP contribution is -2.42. The molecule has 0 heterocycles. The van der Waals surface area contributed by atoms with E-state index in [1.807, 2.05) is 18.7 Å². The van der Waals surface area contributed by atoms with E-state index in [4.69, 9.17) is 9.84 Å². The second-order valence-electron chi connectivity index (χ2n) is 3.26. The van der Waals surface area contributed by atoms with Gasteiger partial charge >= 0.3 is 5.97 Å². The summed E-state index contributed by atoms with van der Waals surface area (Å²) in [5.74, 6) is -0.732. The molecule has 0 saturated heterocycles. The van der Waals surface area contributed by atoms with Gasteiger partial charge in [0.05, 0.1) is 6.61 Å². The molecule has 0 saturated carbocycles. The monoisotopic (exact) mass is 203 g/mol. The Balaban J connectivity index is 4.18. The zero-order valence-corrected chi connectivity index (χ0v) is 9.32. The molecular formula is C10H21NO3. The molecule has 1 unspecified atom stereocenters. The van der Waals surface area contributed by atoms with E-state index in [9.17, 15) is 4.79 Å². The molecule has 0 fully saturated rings. The van der Waals surface area contributed by atoms with Gasteiger partial charge in [-0.3, -0.25) is 9.69 Å². The second kappa shape index (κ2) is 7.76. The molecule has 0 aromatic heterocycles. The van der Waals surface area contributed by atoms with Crippen LogP contribution in [0.4, 0.5) is 0 Å². The number of carboxylic acid groups (broad SMARTS) is 1. The lowest BCUT2D eigenvalue weighted by atomic mass is 10.1. The van der Waals surface area contributed by atoms with E-state index in [0.717, 1.165) is 13.0 Å². The topological polar surface area (TPSA) is 49.8 Å². The number of hydrogen-bond donors (Lipinski definition) is 1. The molecule has 0 aliphatic rings. The molecule has 14 heavy (non-hydrogen) atoms. The molecule has 0 aliphatic heterocycles. The van der Waals surface area contributed by atoms with Crippen LogP contribution in [0.25, 0.3) is 0 Å². The van der Waals surface area contributed by atoms with Crippen molar-refractivity contribution in [3.8, 4) is 0 Å². The van der Waals surface area contributed by atoms with E-state index >= 15 is 0 Å². The summed E-state index contributed by atoms with van der Waals surface area (Å²) in [6, 6.07) is -0.361. The van der Waals surface area contributed by atoms with Gasteiger partial charge in [0.25, 0.3) is 0 Å². The Morgan fingerprint density at radius 2 is 2.14 bits per heavy atom. The Morgan fingerprint density at radius 3 is 2.50 bits per heavy atom. The zero-order chi connectivity index (χ0) is 11.0. The highest BCUT2D eigenvalue weighted by Crippen LogP contribution is 2.07. The molecule has 0 spiro atoms. The number of rotatable bonds is 8. The highest BCUT2D eigenvalue weighted by Gasteiger charge is 2.22. The largest absolute Gasteiger partial charge is 0.480 e. The molecule has 0 bridgehead atoms. The number of carboxylic acids is 1. The summed E-state index contributed by atoms with van der Waals surface area (Å²) in [6.07, 6.45) is 1.59. The summed E-state index contributed by atoms with van der Waals surface area (Å²) in [4.78, 5) is 12.9. The van der Waals surface area contributed by atoms with Crippen LogP contribution < -0.4 is 0 Å². The van der Waals surface area contributed by atoms with E-state index in [1.54, 1.807) is 7.11 Å². The van der Waals surface area contributed by atoms with E-state index in [2.05, 4.69) is 0 Å². The van der Waals surface area contributed by atoms with Crippen LogP contribution in [0.5, 0.6) is 0 Å². The van der Waals surface area contributed by atoms with Crippen LogP contribution >= 0.6 is 0 Å². The molecule has 0 aromatic rings. The first-order valence-corrected chi connectivity index (χ1v) is 5.13. The van der Waals surface area contributed by atoms with Crippen LogP contribution in [0, 0.1) is 0 Å². The van der Waals surface area contributed by atoms with Crippen molar-refractivity contribution in [1.29, 1.82) is 0 Å². The minimum Gasteiger partial charge on any atom is -0.480 e. The predicted molar refractivity (Wildman–Crippen MR) is 55.5 cm³/mol. The van der Waals surface area contributed by atoms with Crippen molar-refractivity contribution in [1.82, 2.24) is 4.90 Å². The van der Waals surface area contributed by atoms with Gasteiger partial charge in [0.1, 0.15) is 6.04 Å². The van der Waals surface area contributed by atoms with Crippen LogP contribution in [0.1, 0.15) is 26.7 Å². The number of hydrogen-bond acceptors (Lipinski definition) is 3. The van der Waals surface area contributed by atoms with Crippen LogP contribution in [-0.2, 0) is 9.53 Å². The van der Waals surface area contributed by atoms with Crippen molar-refractivity contribution < 1.29 is 14.6 Å². The summed E-state index contributed by atoms with van der Waals surface area (Å²) in [5, 5.41) is 9.02. The average molecular weight is 203 g/mol. The fraction of sp³-hybridized carbons (Fsp3) is 0.900. The molecule has 0 amide bonds. The first-order valence-electron chi connectivity index (χ1n) is 5.13. The third-order valence-corrected chi connectivity index (χ3v) is 2.28. The van der Waals surface area contributed by atoms with Gasteiger partial charge in [0, 0.05) is 13.7 Å². The molecule has 4 heteroatoms. The number of aliphatic carboxylic acids is 1. The standard InChI is InChI=1S/C10H21NO3/c1-4-6-9(10(12)13)11(5-2)7-8-14-3/h9H,4-8H2,1-3H3,(H,12,13). The van der Waals surface area contributed by atoms with Crippen LogP contribution in [0.15, 0.2) is 0 Å². The third-order valence-electron chi connectivity index (χ3n) is 2.28. The minimum absolute atomic E-state index is 0.361. The van der Waals surface area contributed by atoms with E-state index in [-0.39, 0.29) is 6.04 Å². The molecular weight excluding hydrogens is 182 g/mol. The van der Waals surface area contributed by atoms with Crippen molar-refractivity contribution in [3.05, 3.63) is 0 Å². The predicted octanol–water partition coefficient (Wildman–Crippen LogP) is 1.21. The summed E-state index contributed by atoms with van der Waals surface area (Å²) < 4.78 is 4.95. The van der Waals surface area contributed by atoms with Crippen LogP contribution in [0.2, 0.25) is 0 Å². The van der Waals surface area contributed by atoms with Gasteiger partial charge in [-0.25, -0.2) is 0 Å². The van der Waals surface area contributed by atoms with Gasteiger partial charge in [0.15, 0.2) is 0 Å². The van der Waals surface area contributed by atoms with Crippen molar-refractivity contribution in [3.63, 3.8) is 0 Å². The Labute approximate surface area is 85.9 Å². The maximum absolute atomic E-state index is 11.0. The Morgan fingerprint density at radius 1 is 1.50 bits per heavy atom. The lowest BCUT2D eigenvalue weighted by Gasteiger charge is -2.26. The first-order chi connectivity index (χ1) is 6.67. The Bertz CT molecular complexity index is 161. The minimum atomic E-state index is -0.732.